The summed E-state index contributed by atoms with van der Waals surface area (Å²) in [5.74, 6) is -0.149. The monoisotopic (exact) mass is 469 g/mol. The maximum Gasteiger partial charge on any atom is 0.269 e. The van der Waals surface area contributed by atoms with Gasteiger partial charge in [-0.15, -0.1) is 11.3 Å². The molecule has 4 nitrogen and oxygen atoms in total. The molecule has 0 saturated heterocycles. The second-order valence-electron chi connectivity index (χ2n) is 5.43. The van der Waals surface area contributed by atoms with Crippen LogP contribution >= 0.6 is 11.3 Å². The van der Waals surface area contributed by atoms with E-state index < -0.39 is 10.0 Å². The number of nitrogens with zero attached hydrogens (tertiary/aromatic N) is 1. The standard InChI is InChI=1S/C16H17NO3S2.C2H6.CH3.Y/c1-9-7-5-6-8-12(9)15-14(18)13-10(2)11(3)21-16(13)17(4)22(15,19)20;1-2;;/h5-8,18H,1-4H3;1-2H3;1H3;/q;;-1;. The van der Waals surface area contributed by atoms with Gasteiger partial charge in [-0.05, 0) is 31.9 Å². The van der Waals surface area contributed by atoms with Crippen molar-refractivity contribution >= 4 is 37.0 Å². The van der Waals surface area contributed by atoms with Crippen molar-refractivity contribution < 1.29 is 46.2 Å². The van der Waals surface area contributed by atoms with Crippen LogP contribution in [0, 0.1) is 28.2 Å². The molecular formula is C19H26NO3S2Y-. The Kier molecular flexibility index (Phi) is 9.24. The third-order valence-corrected chi connectivity index (χ3v) is 7.34. The largest absolute Gasteiger partial charge is 0.506 e. The van der Waals surface area contributed by atoms with Crippen molar-refractivity contribution in [2.75, 3.05) is 11.4 Å². The van der Waals surface area contributed by atoms with Crippen molar-refractivity contribution in [3.05, 3.63) is 58.8 Å². The van der Waals surface area contributed by atoms with E-state index in [1.807, 2.05) is 46.8 Å². The Morgan fingerprint density at radius 1 is 1.08 bits per heavy atom. The first-order valence-electron chi connectivity index (χ1n) is 7.85. The fourth-order valence-corrected chi connectivity index (χ4v) is 5.55. The number of thiophene rings is 1. The Balaban J connectivity index is 0.00000151. The molecule has 0 saturated carbocycles. The Labute approximate surface area is 186 Å². The summed E-state index contributed by atoms with van der Waals surface area (Å²) in [6.07, 6.45) is 0. The van der Waals surface area contributed by atoms with Crippen LogP contribution in [0.3, 0.4) is 0 Å². The molecule has 2 aromatic rings. The van der Waals surface area contributed by atoms with Gasteiger partial charge in [0.25, 0.3) is 10.0 Å². The number of aliphatic hydroxyl groups is 1. The van der Waals surface area contributed by atoms with Gasteiger partial charge in [-0.3, -0.25) is 4.31 Å². The molecule has 1 N–H and O–H groups in total. The van der Waals surface area contributed by atoms with Crippen LogP contribution in [0.2, 0.25) is 0 Å². The second kappa shape index (κ2) is 9.49. The van der Waals surface area contributed by atoms with E-state index in [9.17, 15) is 13.5 Å². The van der Waals surface area contributed by atoms with Gasteiger partial charge in [-0.25, -0.2) is 8.42 Å². The van der Waals surface area contributed by atoms with Crippen LogP contribution in [0.25, 0.3) is 10.7 Å². The summed E-state index contributed by atoms with van der Waals surface area (Å²) in [6.45, 7) is 9.67. The van der Waals surface area contributed by atoms with Crippen LogP contribution in [-0.4, -0.2) is 20.6 Å². The van der Waals surface area contributed by atoms with Crippen LogP contribution < -0.4 is 4.31 Å². The molecule has 1 aliphatic rings. The maximum absolute atomic E-state index is 12.9. The Morgan fingerprint density at radius 3 is 2.15 bits per heavy atom. The average Bonchev–Trinajstić information content (AvgIpc) is 2.85. The summed E-state index contributed by atoms with van der Waals surface area (Å²) in [7, 11) is -2.23. The molecule has 0 aliphatic carbocycles. The number of aliphatic hydroxyl groups excluding tert-OH is 1. The molecule has 0 amide bonds. The van der Waals surface area contributed by atoms with E-state index in [1.165, 1.54) is 22.7 Å². The fourth-order valence-electron chi connectivity index (χ4n) is 2.69. The van der Waals surface area contributed by atoms with E-state index in [0.717, 1.165) is 16.0 Å². The predicted octanol–water partition coefficient (Wildman–Crippen LogP) is 5.31. The molecule has 0 spiro atoms. The molecule has 2 heterocycles. The topological polar surface area (TPSA) is 57.6 Å². The number of aryl methyl sites for hydroxylation is 2. The first kappa shape index (κ1) is 25.3. The molecule has 0 bridgehead atoms. The van der Waals surface area contributed by atoms with Crippen LogP contribution in [0.5, 0.6) is 0 Å². The maximum atomic E-state index is 12.9. The molecule has 0 atom stereocenters. The fraction of sp³-hybridized carbons (Fsp3) is 0.316. The normalized spacial score (nSPS) is 14.5. The SMILES string of the molecule is CC.Cc1ccccc1C1=C(O)c2c(sc(C)c2C)N(C)S1(=O)=O.[CH3-].[Y]. The zero-order valence-electron chi connectivity index (χ0n) is 16.4. The van der Waals surface area contributed by atoms with E-state index in [0.29, 0.717) is 16.1 Å². The minimum atomic E-state index is -3.77. The molecule has 7 heteroatoms. The summed E-state index contributed by atoms with van der Waals surface area (Å²) < 4.78 is 27.0. The summed E-state index contributed by atoms with van der Waals surface area (Å²) >= 11 is 1.38. The summed E-state index contributed by atoms with van der Waals surface area (Å²) in [5.41, 5.74) is 2.90. The summed E-state index contributed by atoms with van der Waals surface area (Å²) in [4.78, 5) is 0.992. The third kappa shape index (κ3) is 3.93. The van der Waals surface area contributed by atoms with E-state index in [1.54, 1.807) is 12.1 Å². The number of hydrogen-bond acceptors (Lipinski definition) is 4. The van der Waals surface area contributed by atoms with Crippen molar-refractivity contribution in [3.8, 4) is 0 Å². The smallest absolute Gasteiger partial charge is 0.269 e. The number of fused-ring (bicyclic) bond motifs is 1. The van der Waals surface area contributed by atoms with Gasteiger partial charge >= 0.3 is 0 Å². The second-order valence-corrected chi connectivity index (χ2v) is 8.54. The molecular weight excluding hydrogens is 443 g/mol. The van der Waals surface area contributed by atoms with Crippen molar-refractivity contribution in [1.29, 1.82) is 0 Å². The zero-order chi connectivity index (χ0) is 18.2. The van der Waals surface area contributed by atoms with Gasteiger partial charge in [-0.1, -0.05) is 38.1 Å². The summed E-state index contributed by atoms with van der Waals surface area (Å²) in [6, 6.07) is 7.19. The van der Waals surface area contributed by atoms with Crippen LogP contribution in [-0.2, 0) is 42.7 Å². The first-order chi connectivity index (χ1) is 11.3. The Hall–Kier alpha value is -0.686. The van der Waals surface area contributed by atoms with Crippen LogP contribution in [0.15, 0.2) is 24.3 Å². The number of sulfonamides is 1. The van der Waals surface area contributed by atoms with E-state index in [-0.39, 0.29) is 50.8 Å². The van der Waals surface area contributed by atoms with Crippen LogP contribution in [0.1, 0.15) is 41.0 Å². The Morgan fingerprint density at radius 2 is 1.62 bits per heavy atom. The molecule has 0 unspecified atom stereocenters. The molecule has 0 fully saturated rings. The first-order valence-corrected chi connectivity index (χ1v) is 10.1. The van der Waals surface area contributed by atoms with Crippen molar-refractivity contribution in [2.24, 2.45) is 0 Å². The van der Waals surface area contributed by atoms with E-state index >= 15 is 0 Å². The average molecular weight is 469 g/mol. The molecule has 26 heavy (non-hydrogen) atoms. The number of anilines is 1. The van der Waals surface area contributed by atoms with Gasteiger partial charge in [0.1, 0.15) is 15.7 Å². The molecule has 1 aromatic carbocycles. The van der Waals surface area contributed by atoms with Gasteiger partial charge in [0.05, 0.1) is 5.56 Å². The number of benzene rings is 1. The van der Waals surface area contributed by atoms with Crippen molar-refractivity contribution in [2.45, 2.75) is 34.6 Å². The molecule has 1 aliphatic heterocycles. The summed E-state index contributed by atoms with van der Waals surface area (Å²) in [5, 5.41) is 11.3. The van der Waals surface area contributed by atoms with Crippen LogP contribution in [0.4, 0.5) is 5.00 Å². The third-order valence-electron chi connectivity index (χ3n) is 4.11. The van der Waals surface area contributed by atoms with Gasteiger partial charge in [0, 0.05) is 50.2 Å². The zero-order valence-corrected chi connectivity index (χ0v) is 20.9. The minimum absolute atomic E-state index is 0. The van der Waals surface area contributed by atoms with Gasteiger partial charge in [-0.2, -0.15) is 0 Å². The van der Waals surface area contributed by atoms with Gasteiger partial charge < -0.3 is 12.5 Å². The van der Waals surface area contributed by atoms with E-state index in [2.05, 4.69) is 0 Å². The van der Waals surface area contributed by atoms with Gasteiger partial charge in [0.15, 0.2) is 0 Å². The molecule has 1 aromatic heterocycles. The Bertz CT molecular complexity index is 915. The minimum Gasteiger partial charge on any atom is -0.506 e. The number of hydrogen-bond donors (Lipinski definition) is 1. The van der Waals surface area contributed by atoms with E-state index in [4.69, 9.17) is 0 Å². The molecule has 141 valence electrons. The predicted molar refractivity (Wildman–Crippen MR) is 109 cm³/mol. The molecule has 1 radical (unpaired) electrons. The van der Waals surface area contributed by atoms with Crippen molar-refractivity contribution in [3.63, 3.8) is 0 Å². The number of rotatable bonds is 1. The van der Waals surface area contributed by atoms with Crippen molar-refractivity contribution in [1.82, 2.24) is 0 Å². The molecule has 3 rings (SSSR count). The van der Waals surface area contributed by atoms with Gasteiger partial charge in [0.2, 0.25) is 0 Å². The quantitative estimate of drug-likeness (QED) is 0.576.